The Morgan fingerprint density at radius 2 is 1.78 bits per heavy atom. The summed E-state index contributed by atoms with van der Waals surface area (Å²) < 4.78 is 0. The van der Waals surface area contributed by atoms with E-state index in [9.17, 15) is 0 Å². The van der Waals surface area contributed by atoms with Crippen molar-refractivity contribution in [1.82, 2.24) is 15.0 Å². The molecule has 1 unspecified atom stereocenters. The monoisotopic (exact) mass is 242 g/mol. The quantitative estimate of drug-likeness (QED) is 0.898. The van der Waals surface area contributed by atoms with Crippen LogP contribution in [-0.4, -0.2) is 15.0 Å². The van der Waals surface area contributed by atoms with Crippen LogP contribution >= 0.6 is 0 Å². The molecule has 0 bridgehead atoms. The Balaban J connectivity index is 2.34. The van der Waals surface area contributed by atoms with Crippen LogP contribution in [0.4, 0.5) is 5.95 Å². The molecule has 0 aliphatic heterocycles. The molecule has 4 nitrogen and oxygen atoms in total. The van der Waals surface area contributed by atoms with Gasteiger partial charge in [0.1, 0.15) is 5.82 Å². The fraction of sp³-hybridized carbons (Fsp3) is 0.357. The molecule has 0 aliphatic rings. The third kappa shape index (κ3) is 2.64. The van der Waals surface area contributed by atoms with Gasteiger partial charge in [0.25, 0.3) is 0 Å². The normalized spacial score (nSPS) is 12.4. The molecule has 0 amide bonds. The van der Waals surface area contributed by atoms with Crippen LogP contribution in [0.15, 0.2) is 24.3 Å². The Labute approximate surface area is 107 Å². The lowest BCUT2D eigenvalue weighted by Gasteiger charge is -2.09. The van der Waals surface area contributed by atoms with E-state index in [1.807, 2.05) is 19.1 Å². The summed E-state index contributed by atoms with van der Waals surface area (Å²) in [5, 5.41) is 0. The third-order valence-electron chi connectivity index (χ3n) is 3.11. The van der Waals surface area contributed by atoms with Crippen LogP contribution in [0.2, 0.25) is 0 Å². The predicted molar refractivity (Wildman–Crippen MR) is 73.1 cm³/mol. The molecule has 0 aliphatic carbocycles. The molecule has 0 fully saturated rings. The topological polar surface area (TPSA) is 64.7 Å². The predicted octanol–water partition coefficient (Wildman–Crippen LogP) is 2.94. The minimum atomic E-state index is 0.267. The summed E-state index contributed by atoms with van der Waals surface area (Å²) in [5.41, 5.74) is 7.94. The number of rotatable bonds is 3. The molecular formula is C14H18N4. The molecule has 0 saturated heterocycles. The number of nitrogens with zero attached hydrogens (tertiary/aromatic N) is 3. The van der Waals surface area contributed by atoms with Crippen molar-refractivity contribution < 1.29 is 0 Å². The Hall–Kier alpha value is -1.97. The van der Waals surface area contributed by atoms with Crippen molar-refractivity contribution in [3.63, 3.8) is 0 Å². The summed E-state index contributed by atoms with van der Waals surface area (Å²) in [6, 6.07) is 8.32. The highest BCUT2D eigenvalue weighted by molar-refractivity contribution is 5.56. The second kappa shape index (κ2) is 5.12. The highest BCUT2D eigenvalue weighted by Gasteiger charge is 2.06. The van der Waals surface area contributed by atoms with Gasteiger partial charge in [-0.3, -0.25) is 0 Å². The Kier molecular flexibility index (Phi) is 3.55. The number of benzene rings is 1. The molecule has 2 rings (SSSR count). The lowest BCUT2D eigenvalue weighted by Crippen LogP contribution is -2.02. The molecular weight excluding hydrogens is 224 g/mol. The van der Waals surface area contributed by atoms with E-state index < -0.39 is 0 Å². The molecule has 0 spiro atoms. The van der Waals surface area contributed by atoms with Crippen LogP contribution in [0.3, 0.4) is 0 Å². The summed E-state index contributed by atoms with van der Waals surface area (Å²) in [4.78, 5) is 12.4. The van der Waals surface area contributed by atoms with E-state index in [4.69, 9.17) is 5.73 Å². The second-order valence-corrected chi connectivity index (χ2v) is 4.50. The fourth-order valence-corrected chi connectivity index (χ4v) is 1.83. The fourth-order valence-electron chi connectivity index (χ4n) is 1.83. The van der Waals surface area contributed by atoms with Crippen molar-refractivity contribution >= 4 is 5.95 Å². The van der Waals surface area contributed by atoms with Crippen LogP contribution in [0, 0.1) is 6.92 Å². The first kappa shape index (κ1) is 12.5. The number of aryl methyl sites for hydroxylation is 1. The molecule has 4 heteroatoms. The molecule has 1 aromatic heterocycles. The number of hydrogen-bond acceptors (Lipinski definition) is 4. The zero-order valence-corrected chi connectivity index (χ0v) is 11.0. The van der Waals surface area contributed by atoms with Gasteiger partial charge >= 0.3 is 0 Å². The second-order valence-electron chi connectivity index (χ2n) is 4.50. The molecule has 1 aromatic carbocycles. The van der Waals surface area contributed by atoms with Gasteiger partial charge in [0.2, 0.25) is 5.95 Å². The van der Waals surface area contributed by atoms with Gasteiger partial charge < -0.3 is 5.73 Å². The first-order valence-electron chi connectivity index (χ1n) is 6.18. The number of anilines is 1. The lowest BCUT2D eigenvalue weighted by molar-refractivity contribution is 0.734. The van der Waals surface area contributed by atoms with Crippen LogP contribution in [0.1, 0.15) is 37.6 Å². The standard InChI is InChI=1S/C14H18N4/c1-4-9(2)11-5-7-12(8-6-11)13-16-10(3)17-14(15)18-13/h5-9H,4H2,1-3H3,(H2,15,16,17,18). The first-order chi connectivity index (χ1) is 8.60. The first-order valence-corrected chi connectivity index (χ1v) is 6.18. The van der Waals surface area contributed by atoms with E-state index in [-0.39, 0.29) is 5.95 Å². The molecule has 2 aromatic rings. The maximum atomic E-state index is 5.63. The Bertz CT molecular complexity index is 514. The van der Waals surface area contributed by atoms with Gasteiger partial charge in [-0.2, -0.15) is 9.97 Å². The molecule has 1 heterocycles. The van der Waals surface area contributed by atoms with Crippen molar-refractivity contribution in [2.45, 2.75) is 33.1 Å². The van der Waals surface area contributed by atoms with Gasteiger partial charge in [0.15, 0.2) is 5.82 Å². The van der Waals surface area contributed by atoms with Crippen molar-refractivity contribution in [1.29, 1.82) is 0 Å². The van der Waals surface area contributed by atoms with Gasteiger partial charge in [0.05, 0.1) is 0 Å². The van der Waals surface area contributed by atoms with Crippen LogP contribution in [-0.2, 0) is 0 Å². The lowest BCUT2D eigenvalue weighted by atomic mass is 9.97. The van der Waals surface area contributed by atoms with E-state index in [2.05, 4.69) is 40.9 Å². The smallest absolute Gasteiger partial charge is 0.223 e. The Morgan fingerprint density at radius 1 is 1.11 bits per heavy atom. The minimum Gasteiger partial charge on any atom is -0.368 e. The Morgan fingerprint density at radius 3 is 2.33 bits per heavy atom. The zero-order chi connectivity index (χ0) is 13.1. The van der Waals surface area contributed by atoms with Crippen molar-refractivity contribution in [2.75, 3.05) is 5.73 Å². The van der Waals surface area contributed by atoms with Crippen molar-refractivity contribution in [3.05, 3.63) is 35.7 Å². The number of nitrogens with two attached hydrogens (primary N) is 1. The number of nitrogen functional groups attached to an aromatic ring is 1. The zero-order valence-electron chi connectivity index (χ0n) is 11.0. The summed E-state index contributed by atoms with van der Waals surface area (Å²) in [6.07, 6.45) is 1.14. The third-order valence-corrected chi connectivity index (χ3v) is 3.11. The number of hydrogen-bond donors (Lipinski definition) is 1. The van der Waals surface area contributed by atoms with Gasteiger partial charge in [-0.15, -0.1) is 0 Å². The molecule has 2 N–H and O–H groups in total. The maximum Gasteiger partial charge on any atom is 0.223 e. The van der Waals surface area contributed by atoms with Gasteiger partial charge in [-0.05, 0) is 24.8 Å². The molecule has 0 radical (unpaired) electrons. The molecule has 18 heavy (non-hydrogen) atoms. The van der Waals surface area contributed by atoms with E-state index in [1.54, 1.807) is 0 Å². The average molecular weight is 242 g/mol. The van der Waals surface area contributed by atoms with Crippen LogP contribution in [0.5, 0.6) is 0 Å². The van der Waals surface area contributed by atoms with Crippen LogP contribution < -0.4 is 5.73 Å². The molecule has 94 valence electrons. The van der Waals surface area contributed by atoms with Crippen molar-refractivity contribution in [2.24, 2.45) is 0 Å². The molecule has 0 saturated carbocycles. The van der Waals surface area contributed by atoms with E-state index in [0.29, 0.717) is 17.6 Å². The van der Waals surface area contributed by atoms with E-state index in [0.717, 1.165) is 12.0 Å². The summed E-state index contributed by atoms with van der Waals surface area (Å²) in [7, 11) is 0. The highest BCUT2D eigenvalue weighted by atomic mass is 15.1. The van der Waals surface area contributed by atoms with E-state index >= 15 is 0 Å². The van der Waals surface area contributed by atoms with E-state index in [1.165, 1.54) is 5.56 Å². The highest BCUT2D eigenvalue weighted by Crippen LogP contribution is 2.22. The molecule has 1 atom stereocenters. The SMILES string of the molecule is CCC(C)c1ccc(-c2nc(C)nc(N)n2)cc1. The summed E-state index contributed by atoms with van der Waals surface area (Å²) in [5.74, 6) is 2.12. The van der Waals surface area contributed by atoms with Gasteiger partial charge in [-0.25, -0.2) is 4.98 Å². The summed E-state index contributed by atoms with van der Waals surface area (Å²) >= 11 is 0. The minimum absolute atomic E-state index is 0.267. The average Bonchev–Trinajstić information content (AvgIpc) is 2.37. The summed E-state index contributed by atoms with van der Waals surface area (Å²) in [6.45, 7) is 6.23. The van der Waals surface area contributed by atoms with Crippen molar-refractivity contribution in [3.8, 4) is 11.4 Å². The van der Waals surface area contributed by atoms with Gasteiger partial charge in [0, 0.05) is 5.56 Å². The van der Waals surface area contributed by atoms with Crippen LogP contribution in [0.25, 0.3) is 11.4 Å². The largest absolute Gasteiger partial charge is 0.368 e. The maximum absolute atomic E-state index is 5.63. The van der Waals surface area contributed by atoms with Gasteiger partial charge in [-0.1, -0.05) is 38.1 Å². The number of aromatic nitrogens is 3.